The molecule has 0 spiro atoms. The van der Waals surface area contributed by atoms with E-state index < -0.39 is 0 Å². The van der Waals surface area contributed by atoms with Crippen LogP contribution in [0.4, 0.5) is 0 Å². The van der Waals surface area contributed by atoms with Crippen LogP contribution in [-0.4, -0.2) is 0 Å². The van der Waals surface area contributed by atoms with E-state index in [0.29, 0.717) is 4.58 Å². The van der Waals surface area contributed by atoms with Crippen molar-refractivity contribution < 1.29 is 0 Å². The second kappa shape index (κ2) is 7.96. The highest BCUT2D eigenvalue weighted by molar-refractivity contribution is 8.16. The molecule has 0 unspecified atom stereocenters. The van der Waals surface area contributed by atoms with Crippen molar-refractivity contribution in [3.63, 3.8) is 0 Å². The summed E-state index contributed by atoms with van der Waals surface area (Å²) in [4.78, 5) is 2.62. The van der Waals surface area contributed by atoms with E-state index in [-0.39, 0.29) is 0 Å². The summed E-state index contributed by atoms with van der Waals surface area (Å²) >= 11 is 3.86. The van der Waals surface area contributed by atoms with Gasteiger partial charge in [0.2, 0.25) is 0 Å². The summed E-state index contributed by atoms with van der Waals surface area (Å²) in [7, 11) is 0. The minimum atomic E-state index is 0.341. The van der Waals surface area contributed by atoms with Gasteiger partial charge in [-0.3, -0.25) is 0 Å². The van der Waals surface area contributed by atoms with Crippen LogP contribution < -0.4 is 0 Å². The summed E-state index contributed by atoms with van der Waals surface area (Å²) < 4.78 is 0.341. The van der Waals surface area contributed by atoms with Gasteiger partial charge in [0.25, 0.3) is 0 Å². The van der Waals surface area contributed by atoms with Gasteiger partial charge in [-0.25, -0.2) is 0 Å². The summed E-state index contributed by atoms with van der Waals surface area (Å²) in [5, 5.41) is 0. The molecule has 0 amide bonds. The van der Waals surface area contributed by atoms with E-state index >= 15 is 0 Å². The van der Waals surface area contributed by atoms with E-state index in [9.17, 15) is 0 Å². The van der Waals surface area contributed by atoms with Gasteiger partial charge < -0.3 is 0 Å². The van der Waals surface area contributed by atoms with E-state index in [1.165, 1.54) is 32.0 Å². The van der Waals surface area contributed by atoms with Gasteiger partial charge in [-0.05, 0) is 61.7 Å². The Balaban J connectivity index is 1.98. The quantitative estimate of drug-likeness (QED) is 0.352. The summed E-state index contributed by atoms with van der Waals surface area (Å²) in [6, 6.07) is 26.0. The first-order valence-electron chi connectivity index (χ1n) is 8.14. The van der Waals surface area contributed by atoms with Crippen LogP contribution in [0.3, 0.4) is 0 Å². The Morgan fingerprint density at radius 2 is 1.17 bits per heavy atom. The number of hydrogen-bond acceptors (Lipinski definition) is 2. The number of rotatable bonds is 5. The van der Waals surface area contributed by atoms with Crippen molar-refractivity contribution in [3.8, 4) is 0 Å². The third kappa shape index (κ3) is 4.25. The van der Waals surface area contributed by atoms with Gasteiger partial charge in [0.05, 0.1) is 4.58 Å². The first kappa shape index (κ1) is 17.2. The lowest BCUT2D eigenvalue weighted by Crippen LogP contribution is -1.97. The maximum atomic E-state index is 2.35. The standard InChI is InChI=1S/C22H22S2/c1-16-14-17(2)18(3)21(15-16)22(23-19-10-6-4-7-11-19)24-20-12-8-5-9-13-20/h4-15,22H,1-3H3. The number of hydrogen-bond donors (Lipinski definition) is 0. The van der Waals surface area contributed by atoms with Gasteiger partial charge in [-0.2, -0.15) is 0 Å². The average Bonchev–Trinajstić information content (AvgIpc) is 2.59. The minimum absolute atomic E-state index is 0.341. The number of benzene rings is 3. The highest BCUT2D eigenvalue weighted by atomic mass is 32.2. The Morgan fingerprint density at radius 3 is 1.67 bits per heavy atom. The van der Waals surface area contributed by atoms with E-state index in [0.717, 1.165) is 0 Å². The molecule has 24 heavy (non-hydrogen) atoms. The SMILES string of the molecule is Cc1cc(C)c(C)c(C(Sc2ccccc2)Sc2ccccc2)c1. The van der Waals surface area contributed by atoms with E-state index in [1.807, 2.05) is 23.5 Å². The number of aryl methyl sites for hydroxylation is 2. The van der Waals surface area contributed by atoms with Crippen molar-refractivity contribution in [1.82, 2.24) is 0 Å². The predicted molar refractivity (Wildman–Crippen MR) is 108 cm³/mol. The molecule has 0 saturated carbocycles. The predicted octanol–water partition coefficient (Wildman–Crippen LogP) is 7.20. The van der Waals surface area contributed by atoms with Gasteiger partial charge in [-0.1, -0.05) is 54.1 Å². The Bertz CT molecular complexity index is 753. The lowest BCUT2D eigenvalue weighted by molar-refractivity contribution is 1.20. The second-order valence-corrected chi connectivity index (χ2v) is 8.65. The van der Waals surface area contributed by atoms with Gasteiger partial charge in [0.1, 0.15) is 0 Å². The maximum Gasteiger partial charge on any atom is 0.0848 e. The number of thioether (sulfide) groups is 2. The normalized spacial score (nSPS) is 11.0. The van der Waals surface area contributed by atoms with Gasteiger partial charge >= 0.3 is 0 Å². The van der Waals surface area contributed by atoms with Crippen LogP contribution in [0, 0.1) is 20.8 Å². The third-order valence-electron chi connectivity index (χ3n) is 4.08. The molecule has 0 aromatic heterocycles. The summed E-state index contributed by atoms with van der Waals surface area (Å²) in [6.45, 7) is 6.64. The Hall–Kier alpha value is -1.64. The third-order valence-corrected chi connectivity index (χ3v) is 6.68. The fourth-order valence-electron chi connectivity index (χ4n) is 2.71. The van der Waals surface area contributed by atoms with Crippen molar-refractivity contribution in [2.24, 2.45) is 0 Å². The maximum absolute atomic E-state index is 2.35. The van der Waals surface area contributed by atoms with Crippen LogP contribution >= 0.6 is 23.5 Å². The molecule has 2 heteroatoms. The van der Waals surface area contributed by atoms with Crippen LogP contribution in [0.15, 0.2) is 82.6 Å². The second-order valence-electron chi connectivity index (χ2n) is 5.99. The van der Waals surface area contributed by atoms with Gasteiger partial charge in [0.15, 0.2) is 0 Å². The fraction of sp³-hybridized carbons (Fsp3) is 0.182. The molecule has 0 aliphatic heterocycles. The largest absolute Gasteiger partial charge is 0.106 e. The molecule has 3 rings (SSSR count). The van der Waals surface area contributed by atoms with E-state index in [1.54, 1.807) is 0 Å². The molecule has 0 aliphatic rings. The van der Waals surface area contributed by atoms with Crippen molar-refractivity contribution >= 4 is 23.5 Å². The highest BCUT2D eigenvalue weighted by Crippen LogP contribution is 2.48. The first-order chi connectivity index (χ1) is 11.6. The zero-order valence-corrected chi connectivity index (χ0v) is 16.0. The molecule has 122 valence electrons. The topological polar surface area (TPSA) is 0 Å². The zero-order chi connectivity index (χ0) is 16.9. The van der Waals surface area contributed by atoms with Crippen molar-refractivity contribution in [2.45, 2.75) is 35.1 Å². The van der Waals surface area contributed by atoms with Crippen LogP contribution in [0.1, 0.15) is 26.8 Å². The van der Waals surface area contributed by atoms with Crippen LogP contribution in [-0.2, 0) is 0 Å². The molecule has 0 nitrogen and oxygen atoms in total. The average molecular weight is 351 g/mol. The lowest BCUT2D eigenvalue weighted by Gasteiger charge is -2.21. The van der Waals surface area contributed by atoms with Crippen LogP contribution in [0.2, 0.25) is 0 Å². The molecule has 0 atom stereocenters. The van der Waals surface area contributed by atoms with Crippen LogP contribution in [0.5, 0.6) is 0 Å². The Kier molecular flexibility index (Phi) is 5.70. The Labute approximate surface area is 153 Å². The first-order valence-corrected chi connectivity index (χ1v) is 9.90. The molecule has 0 fully saturated rings. The van der Waals surface area contributed by atoms with Crippen molar-refractivity contribution in [1.29, 1.82) is 0 Å². The molecular weight excluding hydrogens is 328 g/mol. The molecule has 0 saturated heterocycles. The monoisotopic (exact) mass is 350 g/mol. The van der Waals surface area contributed by atoms with E-state index in [2.05, 4.69) is 93.6 Å². The molecule has 0 radical (unpaired) electrons. The zero-order valence-electron chi connectivity index (χ0n) is 14.3. The molecule has 3 aromatic rings. The van der Waals surface area contributed by atoms with Gasteiger partial charge in [0, 0.05) is 9.79 Å². The van der Waals surface area contributed by atoms with Crippen LogP contribution in [0.25, 0.3) is 0 Å². The van der Waals surface area contributed by atoms with Gasteiger partial charge in [-0.15, -0.1) is 23.5 Å². The summed E-state index contributed by atoms with van der Waals surface area (Å²) in [6.07, 6.45) is 0. The smallest absolute Gasteiger partial charge is 0.0848 e. The van der Waals surface area contributed by atoms with Crippen molar-refractivity contribution in [3.05, 3.63) is 95.1 Å². The Morgan fingerprint density at radius 1 is 0.667 bits per heavy atom. The highest BCUT2D eigenvalue weighted by Gasteiger charge is 2.18. The molecule has 3 aromatic carbocycles. The molecule has 0 bridgehead atoms. The molecular formula is C22H22S2. The molecule has 0 aliphatic carbocycles. The summed E-state index contributed by atoms with van der Waals surface area (Å²) in [5.74, 6) is 0. The lowest BCUT2D eigenvalue weighted by atomic mass is 10.0. The minimum Gasteiger partial charge on any atom is -0.106 e. The van der Waals surface area contributed by atoms with Crippen molar-refractivity contribution in [2.75, 3.05) is 0 Å². The molecule has 0 heterocycles. The van der Waals surface area contributed by atoms with E-state index in [4.69, 9.17) is 0 Å². The molecule has 0 N–H and O–H groups in total. The summed E-state index contributed by atoms with van der Waals surface area (Å²) in [5.41, 5.74) is 5.53. The fourth-order valence-corrected chi connectivity index (χ4v) is 5.44.